The smallest absolute Gasteiger partial charge is 0.322 e. The number of aliphatic imine (C=N–C) groups is 2. The fourth-order valence-electron chi connectivity index (χ4n) is 10.2. The van der Waals surface area contributed by atoms with Gasteiger partial charge in [-0.15, -0.1) is 0 Å². The highest BCUT2D eigenvalue weighted by molar-refractivity contribution is 6.01. The second-order valence-electron chi connectivity index (χ2n) is 27.3. The van der Waals surface area contributed by atoms with Gasteiger partial charge in [-0.1, -0.05) is 41.5 Å². The molecule has 0 spiro atoms. The molecule has 14 atom stereocenters. The van der Waals surface area contributed by atoms with E-state index in [1.165, 1.54) is 27.7 Å². The Kier molecular flexibility index (Phi) is 47.0. The van der Waals surface area contributed by atoms with E-state index in [1.807, 2.05) is 0 Å². The summed E-state index contributed by atoms with van der Waals surface area (Å²) in [6.07, 6.45) is -6.17. The maximum atomic E-state index is 14.3. The molecule has 0 radical (unpaired) electrons. The van der Waals surface area contributed by atoms with E-state index < -0.39 is 267 Å². The molecule has 0 bridgehead atoms. The van der Waals surface area contributed by atoms with Crippen molar-refractivity contribution >= 4 is 124 Å². The van der Waals surface area contributed by atoms with Crippen molar-refractivity contribution < 1.29 is 117 Å². The molecule has 0 aliphatic heterocycles. The summed E-state index contributed by atoms with van der Waals surface area (Å²) >= 11 is 0. The predicted molar refractivity (Wildman–Crippen MR) is 398 cm³/mol. The average Bonchev–Trinajstić information content (AvgIpc) is 0.855. The highest BCUT2D eigenvalue weighted by Gasteiger charge is 2.39. The zero-order chi connectivity index (χ0) is 86.7. The summed E-state index contributed by atoms with van der Waals surface area (Å²) < 4.78 is 0. The summed E-state index contributed by atoms with van der Waals surface area (Å²) in [5, 5.41) is 81.3. The van der Waals surface area contributed by atoms with Gasteiger partial charge in [0.15, 0.2) is 11.9 Å². The molecule has 0 fully saturated rings. The molecule has 0 heterocycles. The van der Waals surface area contributed by atoms with Crippen LogP contribution in [0.1, 0.15) is 139 Å². The third-order valence-corrected chi connectivity index (χ3v) is 16.1. The predicted octanol–water partition coefficient (Wildman–Crippen LogP) is -12.5. The standard InChI is InChI=1S/C65H114N24O24/c1-28(2)21-38(84-57(107)37(16-17-45(95)96)80-52(102)33(67)22-42(68)92)58(108)87-48(29(3)4)61(111)78-31(7)51(101)89-50(32(8)91)63(113)83-36(15-12-20-75-65(72)73)56(106)86-40(24-46(97)98)59(109)88-49(30(5)6)62(112)82-35(13-9-10-18-66)55(105)85-39(23-43(69)93)54(104)76-25-44(94)79-41(27-90)60(110)81-34(14-11-19-74-64(70)71)53(103)77-26-47(99)100/h28-41,48-50,90-91H,9-27,66-67H2,1-8H3,(H2,68,92)(H2,69,93)(H,76,104)(H,77,103)(H,78,111)(H,79,94)(H,80,102)(H,81,110)(H,82,112)(H,83,113)(H,84,107)(H,85,105)(H,86,106)(H,87,108)(H,88,109)(H,89,101)(H,95,96)(H,97,98)(H,99,100)(H4,70,71,74)(H4,72,73,75)/t31-,32+,33-,34-,35-,36-,37-,38-,39-,40-,41-,48-,49-,50-/m0/s1. The van der Waals surface area contributed by atoms with E-state index in [0.29, 0.717) is 0 Å². The van der Waals surface area contributed by atoms with Gasteiger partial charge in [0.25, 0.3) is 0 Å². The maximum absolute atomic E-state index is 14.3. The molecule has 113 heavy (non-hydrogen) atoms. The van der Waals surface area contributed by atoms with E-state index in [9.17, 15) is 112 Å². The lowest BCUT2D eigenvalue weighted by Crippen LogP contribution is -2.62. The molecule has 0 aliphatic rings. The lowest BCUT2D eigenvalue weighted by molar-refractivity contribution is -0.142. The quantitative estimate of drug-likeness (QED) is 0.0153. The summed E-state index contributed by atoms with van der Waals surface area (Å²) in [6.45, 7) is 8.39. The van der Waals surface area contributed by atoms with Crippen LogP contribution in [0.2, 0.25) is 0 Å². The molecule has 0 saturated heterocycles. The fraction of sp³-hybridized carbons (Fsp3) is 0.677. The van der Waals surface area contributed by atoms with Gasteiger partial charge in [-0.3, -0.25) is 101 Å². The first-order chi connectivity index (χ1) is 52.6. The van der Waals surface area contributed by atoms with Gasteiger partial charge in [0, 0.05) is 19.5 Å². The van der Waals surface area contributed by atoms with E-state index in [-0.39, 0.29) is 82.4 Å². The Morgan fingerprint density at radius 2 is 0.743 bits per heavy atom. The van der Waals surface area contributed by atoms with Crippen LogP contribution >= 0.6 is 0 Å². The van der Waals surface area contributed by atoms with Crippen LogP contribution in [0.4, 0.5) is 0 Å². The molecule has 48 heteroatoms. The third-order valence-electron chi connectivity index (χ3n) is 16.1. The minimum Gasteiger partial charge on any atom is -0.481 e. The number of rotatable bonds is 56. The number of hydrogen-bond acceptors (Lipinski definition) is 25. The fourth-order valence-corrected chi connectivity index (χ4v) is 10.2. The SMILES string of the molecule is CC(C)C[C@H](NC(=O)[C@H](CCC(=O)O)NC(=O)[C@@H](N)CC(N)=O)C(=O)N[C@H](C(=O)N[C@@H](C)C(=O)N[C@H](C(=O)N[C@@H](CCCN=C(N)N)C(=O)N[C@@H](CC(=O)O)C(=O)N[C@H](C(=O)N[C@@H](CCCCN)C(=O)N[C@@H](CC(N)=O)C(=O)NCC(=O)N[C@@H](CO)C(=O)N[C@@H](CCCN=C(N)N)C(=O)NCC(=O)O)C(C)C)[C@@H](C)O)C(C)C. The summed E-state index contributed by atoms with van der Waals surface area (Å²) in [5.74, 6) is -24.9. The second kappa shape index (κ2) is 52.5. The molecule has 0 aliphatic carbocycles. The van der Waals surface area contributed by atoms with Gasteiger partial charge in [0.1, 0.15) is 79.0 Å². The highest BCUT2D eigenvalue weighted by atomic mass is 16.4. The lowest BCUT2D eigenvalue weighted by Gasteiger charge is -2.29. The van der Waals surface area contributed by atoms with Crippen molar-refractivity contribution in [3.63, 3.8) is 0 Å². The Hall–Kier alpha value is -11.7. The van der Waals surface area contributed by atoms with Crippen LogP contribution in [-0.4, -0.2) is 274 Å². The Labute approximate surface area is 649 Å². The molecular weight excluding hydrogens is 1500 g/mol. The van der Waals surface area contributed by atoms with Gasteiger partial charge in [0.05, 0.1) is 44.6 Å². The molecule has 0 saturated carbocycles. The number of carbonyl (C=O) groups excluding carboxylic acids is 16. The van der Waals surface area contributed by atoms with Gasteiger partial charge < -0.3 is 146 Å². The highest BCUT2D eigenvalue weighted by Crippen LogP contribution is 2.14. The van der Waals surface area contributed by atoms with E-state index in [0.717, 1.165) is 13.8 Å². The van der Waals surface area contributed by atoms with E-state index in [1.54, 1.807) is 13.8 Å². The Bertz CT molecular complexity index is 3370. The van der Waals surface area contributed by atoms with Crippen LogP contribution in [0.15, 0.2) is 9.98 Å². The number of unbranched alkanes of at least 4 members (excludes halogenated alkanes) is 1. The molecule has 638 valence electrons. The summed E-state index contributed by atoms with van der Waals surface area (Å²) in [7, 11) is 0. The minimum absolute atomic E-state index is 0.0157. The number of aliphatic hydroxyl groups excluding tert-OH is 2. The van der Waals surface area contributed by atoms with Crippen molar-refractivity contribution in [1.82, 2.24) is 74.4 Å². The summed E-state index contributed by atoms with van der Waals surface area (Å²) in [5.41, 5.74) is 43.5. The molecule has 0 aromatic rings. The molecule has 48 nitrogen and oxygen atoms in total. The topological polar surface area (TPSA) is 827 Å². The van der Waals surface area contributed by atoms with Crippen LogP contribution in [0.5, 0.6) is 0 Å². The summed E-state index contributed by atoms with van der Waals surface area (Å²) in [4.78, 5) is 258. The number of carbonyl (C=O) groups is 19. The first-order valence-electron chi connectivity index (χ1n) is 35.9. The Morgan fingerprint density at radius 1 is 0.363 bits per heavy atom. The van der Waals surface area contributed by atoms with Crippen LogP contribution < -0.4 is 120 Å². The minimum atomic E-state index is -2.08. The van der Waals surface area contributed by atoms with Crippen molar-refractivity contribution in [1.29, 1.82) is 0 Å². The second-order valence-corrected chi connectivity index (χ2v) is 27.3. The zero-order valence-electron chi connectivity index (χ0n) is 64.3. The van der Waals surface area contributed by atoms with Gasteiger partial charge in [0.2, 0.25) is 94.5 Å². The Morgan fingerprint density at radius 3 is 1.18 bits per heavy atom. The largest absolute Gasteiger partial charge is 0.481 e. The normalized spacial score (nSPS) is 14.7. The van der Waals surface area contributed by atoms with Crippen LogP contribution in [-0.2, 0) is 91.1 Å². The number of aliphatic carboxylic acids is 3. The average molecular weight is 1620 g/mol. The number of carboxylic acids is 3. The van der Waals surface area contributed by atoms with Crippen molar-refractivity contribution in [3.05, 3.63) is 0 Å². The lowest BCUT2D eigenvalue weighted by atomic mass is 9.99. The van der Waals surface area contributed by atoms with Gasteiger partial charge in [-0.05, 0) is 95.9 Å². The first kappa shape index (κ1) is 101. The molecule has 0 aromatic heterocycles. The maximum Gasteiger partial charge on any atom is 0.322 e. The molecule has 16 amide bonds. The van der Waals surface area contributed by atoms with Gasteiger partial charge in [-0.2, -0.15) is 0 Å². The number of nitrogens with one attached hydrogen (secondary N) is 14. The third kappa shape index (κ3) is 41.8. The number of aliphatic hydroxyl groups is 2. The van der Waals surface area contributed by atoms with Crippen molar-refractivity contribution in [2.24, 2.45) is 73.6 Å². The molecule has 0 rings (SSSR count). The van der Waals surface area contributed by atoms with Gasteiger partial charge >= 0.3 is 17.9 Å². The van der Waals surface area contributed by atoms with E-state index in [2.05, 4.69) is 84.4 Å². The monoisotopic (exact) mass is 1610 g/mol. The number of hydrogen-bond donors (Lipinski definition) is 27. The molecule has 0 aromatic carbocycles. The van der Waals surface area contributed by atoms with Crippen molar-refractivity contribution in [2.75, 3.05) is 39.3 Å². The molecular formula is C65H114N24O24. The molecule has 0 unspecified atom stereocenters. The first-order valence-corrected chi connectivity index (χ1v) is 35.9. The Balaban J connectivity index is 6.82. The number of nitrogens with zero attached hydrogens (tertiary/aromatic N) is 2. The van der Waals surface area contributed by atoms with E-state index in [4.69, 9.17) is 51.0 Å². The van der Waals surface area contributed by atoms with Crippen LogP contribution in [0.3, 0.4) is 0 Å². The van der Waals surface area contributed by atoms with Crippen molar-refractivity contribution in [3.8, 4) is 0 Å². The number of guanidine groups is 2. The molecule has 35 N–H and O–H groups in total. The summed E-state index contributed by atoms with van der Waals surface area (Å²) in [6, 6.07) is -21.8. The van der Waals surface area contributed by atoms with Gasteiger partial charge in [-0.25, -0.2) is 0 Å². The van der Waals surface area contributed by atoms with Crippen LogP contribution in [0, 0.1) is 17.8 Å². The van der Waals surface area contributed by atoms with Crippen molar-refractivity contribution in [2.45, 2.75) is 224 Å². The van der Waals surface area contributed by atoms with E-state index >= 15 is 0 Å². The zero-order valence-corrected chi connectivity index (χ0v) is 64.3. The number of carboxylic acid groups (broad SMARTS) is 3. The van der Waals surface area contributed by atoms with Crippen LogP contribution in [0.25, 0.3) is 0 Å². The number of amides is 16. The number of primary amides is 2. The number of nitrogens with two attached hydrogens (primary N) is 8.